The van der Waals surface area contributed by atoms with E-state index in [2.05, 4.69) is 15.9 Å². The molecule has 2 N–H and O–H groups in total. The lowest BCUT2D eigenvalue weighted by Crippen LogP contribution is -2.27. The molecule has 1 atom stereocenters. The van der Waals surface area contributed by atoms with Crippen LogP contribution >= 0.6 is 15.9 Å². The molecule has 1 fully saturated rings. The summed E-state index contributed by atoms with van der Waals surface area (Å²) in [7, 11) is 0. The van der Waals surface area contributed by atoms with Crippen LogP contribution < -0.4 is 5.73 Å². The summed E-state index contributed by atoms with van der Waals surface area (Å²) >= 11 is 3.41. The molecular formula is C11H13BrFN. The molecule has 0 spiro atoms. The van der Waals surface area contributed by atoms with Crippen molar-refractivity contribution in [3.05, 3.63) is 34.1 Å². The van der Waals surface area contributed by atoms with Gasteiger partial charge in [-0.1, -0.05) is 22.4 Å². The molecular weight excluding hydrogens is 245 g/mol. The molecule has 0 bridgehead atoms. The van der Waals surface area contributed by atoms with Gasteiger partial charge in [0.2, 0.25) is 0 Å². The van der Waals surface area contributed by atoms with E-state index in [-0.39, 0.29) is 11.9 Å². The molecule has 1 saturated carbocycles. The van der Waals surface area contributed by atoms with E-state index in [1.54, 1.807) is 6.07 Å². The van der Waals surface area contributed by atoms with Gasteiger partial charge in [-0.25, -0.2) is 4.39 Å². The molecule has 1 aromatic rings. The third-order valence-electron chi connectivity index (χ3n) is 2.97. The maximum Gasteiger partial charge on any atom is 0.123 e. The molecule has 1 aliphatic carbocycles. The first kappa shape index (κ1) is 10.1. The van der Waals surface area contributed by atoms with E-state index >= 15 is 0 Å². The Morgan fingerprint density at radius 2 is 2.14 bits per heavy atom. The molecule has 0 saturated heterocycles. The van der Waals surface area contributed by atoms with Gasteiger partial charge in [0.25, 0.3) is 0 Å². The van der Waals surface area contributed by atoms with Crippen LogP contribution in [0.2, 0.25) is 0 Å². The van der Waals surface area contributed by atoms with E-state index in [1.807, 2.05) is 0 Å². The van der Waals surface area contributed by atoms with E-state index in [1.165, 1.54) is 31.4 Å². The molecule has 0 amide bonds. The predicted octanol–water partition coefficient (Wildman–Crippen LogP) is 3.39. The van der Waals surface area contributed by atoms with Gasteiger partial charge in [0.15, 0.2) is 0 Å². The minimum absolute atomic E-state index is 0.0196. The lowest BCUT2D eigenvalue weighted by atomic mass is 9.77. The Hall–Kier alpha value is -0.410. The van der Waals surface area contributed by atoms with Crippen LogP contribution in [0.4, 0.5) is 4.39 Å². The first-order valence-electron chi connectivity index (χ1n) is 4.89. The van der Waals surface area contributed by atoms with Crippen molar-refractivity contribution in [3.63, 3.8) is 0 Å². The zero-order chi connectivity index (χ0) is 10.1. The average molecular weight is 258 g/mol. The van der Waals surface area contributed by atoms with Gasteiger partial charge in [0.05, 0.1) is 0 Å². The van der Waals surface area contributed by atoms with Crippen molar-refractivity contribution < 1.29 is 4.39 Å². The fourth-order valence-corrected chi connectivity index (χ4v) is 2.33. The number of nitrogens with two attached hydrogens (primary N) is 1. The fourth-order valence-electron chi connectivity index (χ4n) is 1.82. The van der Waals surface area contributed by atoms with Crippen LogP contribution in [0.25, 0.3) is 0 Å². The minimum Gasteiger partial charge on any atom is -0.324 e. The molecule has 1 aromatic carbocycles. The van der Waals surface area contributed by atoms with Crippen LogP contribution in [0.1, 0.15) is 30.9 Å². The van der Waals surface area contributed by atoms with Crippen molar-refractivity contribution in [3.8, 4) is 0 Å². The largest absolute Gasteiger partial charge is 0.324 e. The fraction of sp³-hybridized carbons (Fsp3) is 0.455. The molecule has 0 radical (unpaired) electrons. The number of rotatable bonds is 2. The SMILES string of the molecule is NC(c1cc(F)ccc1Br)C1CCC1. The van der Waals surface area contributed by atoms with E-state index in [4.69, 9.17) is 5.73 Å². The van der Waals surface area contributed by atoms with E-state index < -0.39 is 0 Å². The van der Waals surface area contributed by atoms with Crippen molar-refractivity contribution in [1.82, 2.24) is 0 Å². The van der Waals surface area contributed by atoms with Crippen LogP contribution in [0, 0.1) is 11.7 Å². The second-order valence-corrected chi connectivity index (χ2v) is 4.74. The second-order valence-electron chi connectivity index (χ2n) is 3.88. The minimum atomic E-state index is -0.210. The molecule has 1 nitrogen and oxygen atoms in total. The van der Waals surface area contributed by atoms with Crippen LogP contribution in [0.5, 0.6) is 0 Å². The zero-order valence-electron chi connectivity index (χ0n) is 7.84. The lowest BCUT2D eigenvalue weighted by molar-refractivity contribution is 0.263. The van der Waals surface area contributed by atoms with E-state index in [0.717, 1.165) is 10.0 Å². The first-order chi connectivity index (χ1) is 6.68. The highest BCUT2D eigenvalue weighted by Gasteiger charge is 2.26. The Balaban J connectivity index is 2.24. The molecule has 0 aromatic heterocycles. The topological polar surface area (TPSA) is 26.0 Å². The molecule has 14 heavy (non-hydrogen) atoms. The Morgan fingerprint density at radius 1 is 1.43 bits per heavy atom. The number of hydrogen-bond donors (Lipinski definition) is 1. The Bertz CT molecular complexity index is 336. The average Bonchev–Trinajstić information content (AvgIpc) is 2.06. The predicted molar refractivity (Wildman–Crippen MR) is 58.4 cm³/mol. The summed E-state index contributed by atoms with van der Waals surface area (Å²) in [4.78, 5) is 0. The summed E-state index contributed by atoms with van der Waals surface area (Å²) in [5, 5.41) is 0. The van der Waals surface area contributed by atoms with Gasteiger partial charge in [-0.3, -0.25) is 0 Å². The molecule has 0 heterocycles. The standard InChI is InChI=1S/C11H13BrFN/c12-10-5-4-8(13)6-9(10)11(14)7-2-1-3-7/h4-7,11H,1-3,14H2. The quantitative estimate of drug-likeness (QED) is 0.864. The third kappa shape index (κ3) is 1.84. The highest BCUT2D eigenvalue weighted by Crippen LogP contribution is 2.38. The summed E-state index contributed by atoms with van der Waals surface area (Å²) in [6.07, 6.45) is 3.60. The summed E-state index contributed by atoms with van der Waals surface area (Å²) in [5.41, 5.74) is 6.97. The highest BCUT2D eigenvalue weighted by molar-refractivity contribution is 9.10. The van der Waals surface area contributed by atoms with Gasteiger partial charge in [0, 0.05) is 10.5 Å². The van der Waals surface area contributed by atoms with E-state index in [0.29, 0.717) is 5.92 Å². The maximum atomic E-state index is 13.0. The van der Waals surface area contributed by atoms with Crippen molar-refractivity contribution in [1.29, 1.82) is 0 Å². The van der Waals surface area contributed by atoms with Crippen LogP contribution in [-0.2, 0) is 0 Å². The summed E-state index contributed by atoms with van der Waals surface area (Å²) in [6.45, 7) is 0. The van der Waals surface area contributed by atoms with Crippen LogP contribution in [0.3, 0.4) is 0 Å². The zero-order valence-corrected chi connectivity index (χ0v) is 9.43. The Morgan fingerprint density at radius 3 is 2.71 bits per heavy atom. The number of halogens is 2. The van der Waals surface area contributed by atoms with Crippen LogP contribution in [-0.4, -0.2) is 0 Å². The Labute approximate surface area is 91.6 Å². The molecule has 0 aliphatic heterocycles. The molecule has 3 heteroatoms. The third-order valence-corrected chi connectivity index (χ3v) is 3.70. The van der Waals surface area contributed by atoms with Crippen LogP contribution in [0.15, 0.2) is 22.7 Å². The van der Waals surface area contributed by atoms with Gasteiger partial charge in [0.1, 0.15) is 5.82 Å². The molecule has 1 unspecified atom stereocenters. The van der Waals surface area contributed by atoms with Gasteiger partial charge < -0.3 is 5.73 Å². The van der Waals surface area contributed by atoms with Gasteiger partial charge in [-0.05, 0) is 42.5 Å². The number of benzene rings is 1. The van der Waals surface area contributed by atoms with Gasteiger partial charge >= 0.3 is 0 Å². The van der Waals surface area contributed by atoms with Crippen molar-refractivity contribution in [2.75, 3.05) is 0 Å². The Kier molecular flexibility index (Phi) is 2.88. The normalized spacial score (nSPS) is 19.1. The maximum absolute atomic E-state index is 13.0. The highest BCUT2D eigenvalue weighted by atomic mass is 79.9. The van der Waals surface area contributed by atoms with Gasteiger partial charge in [-0.15, -0.1) is 0 Å². The monoisotopic (exact) mass is 257 g/mol. The van der Waals surface area contributed by atoms with Gasteiger partial charge in [-0.2, -0.15) is 0 Å². The first-order valence-corrected chi connectivity index (χ1v) is 5.68. The van der Waals surface area contributed by atoms with Crippen molar-refractivity contribution in [2.45, 2.75) is 25.3 Å². The smallest absolute Gasteiger partial charge is 0.123 e. The van der Waals surface area contributed by atoms with Crippen molar-refractivity contribution in [2.24, 2.45) is 11.7 Å². The molecule has 76 valence electrons. The summed E-state index contributed by atoms with van der Waals surface area (Å²) in [6, 6.07) is 4.69. The van der Waals surface area contributed by atoms with E-state index in [9.17, 15) is 4.39 Å². The lowest BCUT2D eigenvalue weighted by Gasteiger charge is -2.31. The van der Waals surface area contributed by atoms with Crippen molar-refractivity contribution >= 4 is 15.9 Å². The molecule has 1 aliphatic rings. The summed E-state index contributed by atoms with van der Waals surface area (Å²) < 4.78 is 13.9. The number of hydrogen-bond acceptors (Lipinski definition) is 1. The molecule has 2 rings (SSSR count). The summed E-state index contributed by atoms with van der Waals surface area (Å²) in [5.74, 6) is 0.325. The second kappa shape index (κ2) is 3.99.